The van der Waals surface area contributed by atoms with Gasteiger partial charge >= 0.3 is 0 Å². The van der Waals surface area contributed by atoms with Crippen molar-refractivity contribution in [2.75, 3.05) is 18.4 Å². The van der Waals surface area contributed by atoms with Crippen LogP contribution in [-0.2, 0) is 4.79 Å². The first kappa shape index (κ1) is 16.2. The highest BCUT2D eigenvalue weighted by atomic mass is 16.2. The first-order chi connectivity index (χ1) is 9.62. The molecular weight excluding hydrogens is 254 g/mol. The monoisotopic (exact) mass is 277 g/mol. The van der Waals surface area contributed by atoms with E-state index in [1.54, 1.807) is 24.3 Å². The Bertz CT molecular complexity index is 443. The number of hydrogen-bond acceptors (Lipinski definition) is 3. The Morgan fingerprint density at radius 2 is 1.85 bits per heavy atom. The van der Waals surface area contributed by atoms with Crippen LogP contribution in [-0.4, -0.2) is 24.9 Å². The summed E-state index contributed by atoms with van der Waals surface area (Å²) in [6.07, 6.45) is 1.70. The van der Waals surface area contributed by atoms with E-state index in [4.69, 9.17) is 5.73 Å². The van der Waals surface area contributed by atoms with Crippen molar-refractivity contribution in [1.82, 2.24) is 5.32 Å². The molecule has 5 heteroatoms. The van der Waals surface area contributed by atoms with E-state index in [2.05, 4.69) is 10.6 Å². The minimum Gasteiger partial charge on any atom is -0.352 e. The van der Waals surface area contributed by atoms with Crippen LogP contribution in [0.4, 0.5) is 5.69 Å². The van der Waals surface area contributed by atoms with Gasteiger partial charge in [-0.3, -0.25) is 9.59 Å². The molecule has 110 valence electrons. The Balaban J connectivity index is 2.65. The fourth-order valence-electron chi connectivity index (χ4n) is 1.92. The Morgan fingerprint density at radius 1 is 1.20 bits per heavy atom. The van der Waals surface area contributed by atoms with Gasteiger partial charge in [-0.15, -0.1) is 0 Å². The fraction of sp³-hybridized carbons (Fsp3) is 0.467. The molecule has 0 heterocycles. The van der Waals surface area contributed by atoms with Crippen LogP contribution in [0.5, 0.6) is 0 Å². The maximum absolute atomic E-state index is 12.0. The SMILES string of the molecule is CCCC(CN)C(=O)Nc1ccc(C(=O)NCC)cc1. The highest BCUT2D eigenvalue weighted by Gasteiger charge is 2.15. The predicted octanol–water partition coefficient (Wildman–Crippen LogP) is 1.75. The first-order valence-electron chi connectivity index (χ1n) is 7.01. The molecule has 2 amide bonds. The van der Waals surface area contributed by atoms with E-state index in [1.165, 1.54) is 0 Å². The minimum atomic E-state index is -0.164. The molecule has 0 fully saturated rings. The van der Waals surface area contributed by atoms with Gasteiger partial charge in [0.05, 0.1) is 5.92 Å². The van der Waals surface area contributed by atoms with Gasteiger partial charge in [-0.25, -0.2) is 0 Å². The van der Waals surface area contributed by atoms with Crippen molar-refractivity contribution >= 4 is 17.5 Å². The van der Waals surface area contributed by atoms with Crippen LogP contribution in [0.15, 0.2) is 24.3 Å². The fourth-order valence-corrected chi connectivity index (χ4v) is 1.92. The van der Waals surface area contributed by atoms with Crippen LogP contribution in [0.2, 0.25) is 0 Å². The zero-order valence-corrected chi connectivity index (χ0v) is 12.1. The molecule has 0 saturated heterocycles. The second-order valence-corrected chi connectivity index (χ2v) is 4.65. The van der Waals surface area contributed by atoms with Crippen molar-refractivity contribution < 1.29 is 9.59 Å². The molecule has 1 atom stereocenters. The summed E-state index contributed by atoms with van der Waals surface area (Å²) in [7, 11) is 0. The molecule has 4 N–H and O–H groups in total. The number of carbonyl (C=O) groups is 2. The molecule has 0 aliphatic carbocycles. The molecule has 0 aromatic heterocycles. The summed E-state index contributed by atoms with van der Waals surface area (Å²) >= 11 is 0. The van der Waals surface area contributed by atoms with Gasteiger partial charge in [0.2, 0.25) is 5.91 Å². The molecule has 0 radical (unpaired) electrons. The van der Waals surface area contributed by atoms with Gasteiger partial charge in [-0.05, 0) is 37.6 Å². The van der Waals surface area contributed by atoms with E-state index < -0.39 is 0 Å². The predicted molar refractivity (Wildman–Crippen MR) is 80.5 cm³/mol. The number of hydrogen-bond donors (Lipinski definition) is 3. The number of amides is 2. The van der Waals surface area contributed by atoms with Crippen molar-refractivity contribution in [2.45, 2.75) is 26.7 Å². The molecule has 0 aliphatic heterocycles. The van der Waals surface area contributed by atoms with E-state index in [1.807, 2.05) is 13.8 Å². The number of carbonyl (C=O) groups excluding carboxylic acids is 2. The summed E-state index contributed by atoms with van der Waals surface area (Å²) in [5.41, 5.74) is 6.85. The molecule has 1 aromatic carbocycles. The van der Waals surface area contributed by atoms with Crippen molar-refractivity contribution in [1.29, 1.82) is 0 Å². The van der Waals surface area contributed by atoms with Crippen LogP contribution in [0.25, 0.3) is 0 Å². The largest absolute Gasteiger partial charge is 0.352 e. The van der Waals surface area contributed by atoms with Gasteiger partial charge in [-0.2, -0.15) is 0 Å². The lowest BCUT2D eigenvalue weighted by Gasteiger charge is -2.14. The maximum atomic E-state index is 12.0. The van der Waals surface area contributed by atoms with Gasteiger partial charge < -0.3 is 16.4 Å². The van der Waals surface area contributed by atoms with Crippen molar-refractivity contribution in [3.8, 4) is 0 Å². The highest BCUT2D eigenvalue weighted by Crippen LogP contribution is 2.13. The van der Waals surface area contributed by atoms with Crippen LogP contribution >= 0.6 is 0 Å². The lowest BCUT2D eigenvalue weighted by atomic mass is 10.0. The van der Waals surface area contributed by atoms with Crippen LogP contribution in [0, 0.1) is 5.92 Å². The molecular formula is C15H23N3O2. The number of nitrogens with two attached hydrogens (primary N) is 1. The van der Waals surface area contributed by atoms with Crippen molar-refractivity contribution in [3.05, 3.63) is 29.8 Å². The van der Waals surface area contributed by atoms with Crippen LogP contribution < -0.4 is 16.4 Å². The standard InChI is InChI=1S/C15H23N3O2/c1-3-5-12(10-16)15(20)18-13-8-6-11(7-9-13)14(19)17-4-2/h6-9,12H,3-5,10,16H2,1-2H3,(H,17,19)(H,18,20). The number of anilines is 1. The third-order valence-corrected chi connectivity index (χ3v) is 3.04. The molecule has 1 rings (SSSR count). The normalized spacial score (nSPS) is 11.8. The Hall–Kier alpha value is -1.88. The maximum Gasteiger partial charge on any atom is 0.251 e. The van der Waals surface area contributed by atoms with E-state index in [0.29, 0.717) is 24.3 Å². The number of nitrogens with one attached hydrogen (secondary N) is 2. The highest BCUT2D eigenvalue weighted by molar-refractivity contribution is 5.96. The van der Waals surface area contributed by atoms with E-state index in [-0.39, 0.29) is 17.7 Å². The topological polar surface area (TPSA) is 84.2 Å². The zero-order valence-electron chi connectivity index (χ0n) is 12.1. The molecule has 0 aliphatic rings. The molecule has 0 saturated carbocycles. The first-order valence-corrected chi connectivity index (χ1v) is 7.01. The number of benzene rings is 1. The lowest BCUT2D eigenvalue weighted by molar-refractivity contribution is -0.119. The quantitative estimate of drug-likeness (QED) is 0.710. The van der Waals surface area contributed by atoms with Gasteiger partial charge in [-0.1, -0.05) is 13.3 Å². The Labute approximate surface area is 119 Å². The third kappa shape index (κ3) is 4.66. The van der Waals surface area contributed by atoms with E-state index in [9.17, 15) is 9.59 Å². The molecule has 0 bridgehead atoms. The summed E-state index contributed by atoms with van der Waals surface area (Å²) in [6, 6.07) is 6.83. The average molecular weight is 277 g/mol. The molecule has 1 unspecified atom stereocenters. The van der Waals surface area contributed by atoms with Crippen molar-refractivity contribution in [3.63, 3.8) is 0 Å². The lowest BCUT2D eigenvalue weighted by Crippen LogP contribution is -2.29. The molecule has 20 heavy (non-hydrogen) atoms. The summed E-state index contributed by atoms with van der Waals surface area (Å²) in [5, 5.41) is 5.55. The zero-order chi connectivity index (χ0) is 15.0. The van der Waals surface area contributed by atoms with Crippen LogP contribution in [0.1, 0.15) is 37.0 Å². The molecule has 5 nitrogen and oxygen atoms in total. The van der Waals surface area contributed by atoms with Gasteiger partial charge in [0.25, 0.3) is 5.91 Å². The van der Waals surface area contributed by atoms with E-state index >= 15 is 0 Å². The molecule has 0 spiro atoms. The third-order valence-electron chi connectivity index (χ3n) is 3.04. The van der Waals surface area contributed by atoms with Crippen LogP contribution in [0.3, 0.4) is 0 Å². The summed E-state index contributed by atoms with van der Waals surface area (Å²) < 4.78 is 0. The van der Waals surface area contributed by atoms with Gasteiger partial charge in [0.1, 0.15) is 0 Å². The number of rotatable bonds is 7. The second-order valence-electron chi connectivity index (χ2n) is 4.65. The average Bonchev–Trinajstić information content (AvgIpc) is 2.45. The summed E-state index contributed by atoms with van der Waals surface area (Å²) in [4.78, 5) is 23.6. The molecule has 1 aromatic rings. The minimum absolute atomic E-state index is 0.0693. The Kier molecular flexibility index (Phi) is 6.73. The summed E-state index contributed by atoms with van der Waals surface area (Å²) in [6.45, 7) is 4.83. The Morgan fingerprint density at radius 3 is 2.35 bits per heavy atom. The van der Waals surface area contributed by atoms with E-state index in [0.717, 1.165) is 12.8 Å². The van der Waals surface area contributed by atoms with Gasteiger partial charge in [0, 0.05) is 24.3 Å². The van der Waals surface area contributed by atoms with Crippen molar-refractivity contribution in [2.24, 2.45) is 11.7 Å². The van der Waals surface area contributed by atoms with Gasteiger partial charge in [0.15, 0.2) is 0 Å². The second kappa shape index (κ2) is 8.32. The summed E-state index contributed by atoms with van der Waals surface area (Å²) in [5.74, 6) is -0.348. The smallest absolute Gasteiger partial charge is 0.251 e.